The van der Waals surface area contributed by atoms with Gasteiger partial charge in [-0.15, -0.1) is 0 Å². The average Bonchev–Trinajstić information content (AvgIpc) is 3.10. The number of hydrogen-bond donors (Lipinski definition) is 1. The molecule has 0 spiro atoms. The molecule has 3 rings (SSSR count). The quantitative estimate of drug-likeness (QED) is 0.251. The maximum Gasteiger partial charge on any atom is 0.334 e. The number of rotatable bonds is 5. The van der Waals surface area contributed by atoms with Crippen molar-refractivity contribution in [3.05, 3.63) is 71.0 Å². The number of carbonyl (C=O) groups is 1. The Morgan fingerprint density at radius 1 is 1.17 bits per heavy atom. The van der Waals surface area contributed by atoms with Crippen LogP contribution in [0, 0.1) is 0 Å². The molecule has 0 amide bonds. The molecule has 1 N–H and O–H groups in total. The van der Waals surface area contributed by atoms with Crippen molar-refractivity contribution in [1.82, 2.24) is 9.78 Å². The minimum absolute atomic E-state index is 0.221. The van der Waals surface area contributed by atoms with Crippen molar-refractivity contribution in [2.24, 2.45) is 0 Å². The van der Waals surface area contributed by atoms with E-state index in [0.29, 0.717) is 11.6 Å². The lowest BCUT2D eigenvalue weighted by Crippen LogP contribution is -2.38. The summed E-state index contributed by atoms with van der Waals surface area (Å²) < 4.78 is 9.50. The molecule has 6 nitrogen and oxygen atoms in total. The van der Waals surface area contributed by atoms with Gasteiger partial charge in [-0.05, 0) is 64.1 Å². The van der Waals surface area contributed by atoms with Gasteiger partial charge < -0.3 is 9.84 Å². The smallest absolute Gasteiger partial charge is 0.334 e. The van der Waals surface area contributed by atoms with Gasteiger partial charge in [-0.2, -0.15) is 4.57 Å². The molecule has 3 aromatic rings. The Balaban J connectivity index is 2.36. The van der Waals surface area contributed by atoms with Crippen LogP contribution in [0.1, 0.15) is 33.5 Å². The van der Waals surface area contributed by atoms with Crippen LogP contribution in [0.2, 0.25) is 0 Å². The first-order chi connectivity index (χ1) is 14.2. The third-order valence-corrected chi connectivity index (χ3v) is 4.87. The molecule has 0 unspecified atom stereocenters. The number of nitrogens with zero attached hydrogens (tertiary/aromatic N) is 3. The molecule has 0 radical (unpaired) electrons. The van der Waals surface area contributed by atoms with Crippen LogP contribution in [-0.2, 0) is 15.1 Å². The summed E-state index contributed by atoms with van der Waals surface area (Å²) in [6.07, 6.45) is 1.09. The minimum Gasteiger partial charge on any atom is -0.502 e. The molecule has 0 atom stereocenters. The predicted octanol–water partition coefficient (Wildman–Crippen LogP) is 4.81. The van der Waals surface area contributed by atoms with Crippen molar-refractivity contribution in [2.45, 2.75) is 33.2 Å². The molecule has 0 fully saturated rings. The molecule has 156 valence electrons. The van der Waals surface area contributed by atoms with E-state index in [0.717, 1.165) is 21.8 Å². The van der Waals surface area contributed by atoms with Crippen molar-refractivity contribution in [3.8, 4) is 17.1 Å². The van der Waals surface area contributed by atoms with Gasteiger partial charge in [-0.3, -0.25) is 0 Å². The second kappa shape index (κ2) is 8.83. The maximum atomic E-state index is 12.1. The van der Waals surface area contributed by atoms with Crippen LogP contribution >= 0.6 is 15.9 Å². The number of ether oxygens (including phenoxy) is 1. The third kappa shape index (κ3) is 4.62. The largest absolute Gasteiger partial charge is 0.502 e. The molecule has 0 aliphatic carbocycles. The van der Waals surface area contributed by atoms with Gasteiger partial charge in [-0.1, -0.05) is 38.8 Å². The highest BCUT2D eigenvalue weighted by Gasteiger charge is 2.37. The highest BCUT2D eigenvalue weighted by Crippen LogP contribution is 2.25. The predicted molar refractivity (Wildman–Crippen MR) is 119 cm³/mol. The highest BCUT2D eigenvalue weighted by molar-refractivity contribution is 9.10. The lowest BCUT2D eigenvalue weighted by molar-refractivity contribution is -0.589. The van der Waals surface area contributed by atoms with Crippen molar-refractivity contribution >= 4 is 27.7 Å². The molecular weight excluding hydrogens is 446 g/mol. The number of aliphatic hydroxyl groups is 1. The summed E-state index contributed by atoms with van der Waals surface area (Å²) in [7, 11) is 0. The summed E-state index contributed by atoms with van der Waals surface area (Å²) in [5, 5.41) is 15.8. The lowest BCUT2D eigenvalue weighted by atomic mass is 10.1. The minimum atomic E-state index is -0.611. The van der Waals surface area contributed by atoms with Crippen LogP contribution in [0.3, 0.4) is 0 Å². The van der Waals surface area contributed by atoms with Crippen molar-refractivity contribution in [2.75, 3.05) is 6.61 Å². The van der Waals surface area contributed by atoms with Crippen LogP contribution in [0.15, 0.2) is 65.1 Å². The van der Waals surface area contributed by atoms with E-state index in [2.05, 4.69) is 15.9 Å². The highest BCUT2D eigenvalue weighted by atomic mass is 79.9. The summed E-state index contributed by atoms with van der Waals surface area (Å²) in [4.78, 5) is 12.1. The van der Waals surface area contributed by atoms with Crippen LogP contribution < -0.4 is 4.57 Å². The summed E-state index contributed by atoms with van der Waals surface area (Å²) in [5.74, 6) is 0.199. The molecular formula is C23H25BrN3O3+. The van der Waals surface area contributed by atoms with E-state index in [1.54, 1.807) is 11.6 Å². The van der Waals surface area contributed by atoms with Gasteiger partial charge in [0.25, 0.3) is 0 Å². The molecule has 0 saturated carbocycles. The van der Waals surface area contributed by atoms with Crippen molar-refractivity contribution in [3.63, 3.8) is 0 Å². The van der Waals surface area contributed by atoms with Crippen LogP contribution in [0.25, 0.3) is 22.8 Å². The molecule has 0 bridgehead atoms. The molecule has 1 aromatic heterocycles. The van der Waals surface area contributed by atoms with Gasteiger partial charge in [0.1, 0.15) is 11.2 Å². The average molecular weight is 471 g/mol. The summed E-state index contributed by atoms with van der Waals surface area (Å²) >= 11 is 3.46. The maximum absolute atomic E-state index is 12.1. The topological polar surface area (TPSA) is 68.2 Å². The normalized spacial score (nSPS) is 12.1. The molecule has 0 aliphatic rings. The number of aliphatic hydroxyl groups excluding tert-OH is 1. The van der Waals surface area contributed by atoms with Gasteiger partial charge in [0.05, 0.1) is 18.2 Å². The number of aromatic nitrogens is 3. The number of hydrogen-bond acceptors (Lipinski definition) is 4. The standard InChI is InChI=1S/C23H24BrN3O3/c1-5-30-20(29)15-19(28)22-26(18-13-11-17(24)12-14-18)21(16-9-7-6-8-10-16)25-27(22)23(2,3)4/h6-15H,5H2,1-4H3/p+1. The van der Waals surface area contributed by atoms with Crippen molar-refractivity contribution < 1.29 is 19.2 Å². The number of carbonyl (C=O) groups excluding carboxylic acids is 1. The fraction of sp³-hybridized carbons (Fsp3) is 0.261. The second-order valence-corrected chi connectivity index (χ2v) is 8.60. The Kier molecular flexibility index (Phi) is 6.41. The second-order valence-electron chi connectivity index (χ2n) is 7.69. The molecule has 0 saturated heterocycles. The first-order valence-corrected chi connectivity index (χ1v) is 10.5. The summed E-state index contributed by atoms with van der Waals surface area (Å²) in [6.45, 7) is 7.91. The van der Waals surface area contributed by atoms with Crippen LogP contribution in [-0.4, -0.2) is 27.5 Å². The van der Waals surface area contributed by atoms with E-state index in [1.165, 1.54) is 0 Å². The fourth-order valence-corrected chi connectivity index (χ4v) is 3.31. The zero-order valence-electron chi connectivity index (χ0n) is 17.5. The molecule has 7 heteroatoms. The molecule has 30 heavy (non-hydrogen) atoms. The summed E-state index contributed by atoms with van der Waals surface area (Å²) in [5.41, 5.74) is 1.22. The Morgan fingerprint density at radius 3 is 2.37 bits per heavy atom. The Bertz CT molecular complexity index is 1070. The number of benzene rings is 2. The Hall–Kier alpha value is -2.93. The lowest BCUT2D eigenvalue weighted by Gasteiger charge is -2.14. The van der Waals surface area contributed by atoms with E-state index in [1.807, 2.05) is 79.9 Å². The third-order valence-electron chi connectivity index (χ3n) is 4.34. The Labute approximate surface area is 184 Å². The van der Waals surface area contributed by atoms with Gasteiger partial charge in [0.2, 0.25) is 0 Å². The van der Waals surface area contributed by atoms with E-state index in [-0.39, 0.29) is 12.4 Å². The summed E-state index contributed by atoms with van der Waals surface area (Å²) in [6, 6.07) is 17.4. The Morgan fingerprint density at radius 2 is 1.80 bits per heavy atom. The first kappa shape index (κ1) is 21.8. The first-order valence-electron chi connectivity index (χ1n) is 9.67. The zero-order valence-corrected chi connectivity index (χ0v) is 19.0. The SMILES string of the molecule is CCOC(=O)/C=C(\O)c1n(C(C)(C)C)nc(-c2ccccc2)[n+]1-c1ccc(Br)cc1. The van der Waals surface area contributed by atoms with Crippen LogP contribution in [0.4, 0.5) is 0 Å². The van der Waals surface area contributed by atoms with Gasteiger partial charge in [0.15, 0.2) is 5.76 Å². The van der Waals surface area contributed by atoms with E-state index in [4.69, 9.17) is 9.84 Å². The van der Waals surface area contributed by atoms with E-state index < -0.39 is 11.5 Å². The van der Waals surface area contributed by atoms with Crippen molar-refractivity contribution in [1.29, 1.82) is 0 Å². The van der Waals surface area contributed by atoms with E-state index >= 15 is 0 Å². The zero-order chi connectivity index (χ0) is 21.9. The molecule has 2 aromatic carbocycles. The monoisotopic (exact) mass is 470 g/mol. The number of esters is 1. The molecule has 0 aliphatic heterocycles. The van der Waals surface area contributed by atoms with E-state index in [9.17, 15) is 9.90 Å². The van der Waals surface area contributed by atoms with Crippen LogP contribution in [0.5, 0.6) is 0 Å². The van der Waals surface area contributed by atoms with Gasteiger partial charge >= 0.3 is 17.6 Å². The van der Waals surface area contributed by atoms with Gasteiger partial charge in [0, 0.05) is 9.57 Å². The molecule has 1 heterocycles. The van der Waals surface area contributed by atoms with Gasteiger partial charge in [-0.25, -0.2) is 4.79 Å². The number of halogens is 1. The fourth-order valence-electron chi connectivity index (χ4n) is 3.04.